The summed E-state index contributed by atoms with van der Waals surface area (Å²) in [6.45, 7) is 3.92. The highest BCUT2D eigenvalue weighted by molar-refractivity contribution is 5.95. The van der Waals surface area contributed by atoms with Gasteiger partial charge in [-0.3, -0.25) is 4.79 Å². The van der Waals surface area contributed by atoms with E-state index in [2.05, 4.69) is 9.97 Å². The second-order valence-electron chi connectivity index (χ2n) is 5.93. The Morgan fingerprint density at radius 1 is 1.30 bits per heavy atom. The van der Waals surface area contributed by atoms with E-state index in [4.69, 9.17) is 4.74 Å². The second kappa shape index (κ2) is 5.79. The van der Waals surface area contributed by atoms with Crippen molar-refractivity contribution in [1.82, 2.24) is 9.97 Å². The Kier molecular flexibility index (Phi) is 3.82. The van der Waals surface area contributed by atoms with Gasteiger partial charge in [-0.25, -0.2) is 0 Å². The summed E-state index contributed by atoms with van der Waals surface area (Å²) >= 11 is 0. The number of hydrogen-bond donors (Lipinski definition) is 2. The Bertz CT molecular complexity index is 909. The molecule has 2 N–H and O–H groups in total. The minimum absolute atomic E-state index is 0.102. The van der Waals surface area contributed by atoms with E-state index < -0.39 is 0 Å². The second-order valence-corrected chi connectivity index (χ2v) is 5.93. The Hall–Kier alpha value is -2.76. The van der Waals surface area contributed by atoms with E-state index in [9.17, 15) is 10.0 Å². The molecule has 0 aliphatic heterocycles. The standard InChI is InChI=1S/C17H19N3O3/c1-10(2)8-14-16(21)19-15(17(23-3)20(14)22)12-9-18-13-7-5-4-6-11(12)13/h4-7,9-10,18H,8H2,1-3H3,(H,19,21). The molecule has 0 amide bonds. The predicted molar refractivity (Wildman–Crippen MR) is 88.4 cm³/mol. The number of hydrogen-bond acceptors (Lipinski definition) is 3. The first kappa shape index (κ1) is 15.1. The minimum Gasteiger partial charge on any atom is -0.616 e. The molecule has 2 aromatic heterocycles. The number of para-hydroxylation sites is 1. The first-order valence-corrected chi connectivity index (χ1v) is 7.52. The zero-order chi connectivity index (χ0) is 16.6. The van der Waals surface area contributed by atoms with Crippen LogP contribution < -0.4 is 15.0 Å². The van der Waals surface area contributed by atoms with Gasteiger partial charge in [-0.05, 0) is 12.0 Å². The van der Waals surface area contributed by atoms with Crippen molar-refractivity contribution in [2.75, 3.05) is 7.11 Å². The maximum Gasteiger partial charge on any atom is 0.404 e. The van der Waals surface area contributed by atoms with E-state index >= 15 is 0 Å². The molecule has 0 saturated heterocycles. The van der Waals surface area contributed by atoms with Crippen molar-refractivity contribution >= 4 is 10.9 Å². The van der Waals surface area contributed by atoms with Gasteiger partial charge in [0.05, 0.1) is 7.11 Å². The van der Waals surface area contributed by atoms with Crippen molar-refractivity contribution in [2.45, 2.75) is 20.3 Å². The number of ether oxygens (including phenoxy) is 1. The molecule has 0 aliphatic carbocycles. The van der Waals surface area contributed by atoms with Gasteiger partial charge in [0.2, 0.25) is 0 Å². The fraction of sp³-hybridized carbons (Fsp3) is 0.294. The van der Waals surface area contributed by atoms with Crippen molar-refractivity contribution in [2.24, 2.45) is 5.92 Å². The molecule has 1 aromatic carbocycles. The van der Waals surface area contributed by atoms with E-state index in [1.807, 2.05) is 38.1 Å². The Balaban J connectivity index is 2.26. The molecule has 120 valence electrons. The van der Waals surface area contributed by atoms with Crippen LogP contribution in [-0.4, -0.2) is 17.1 Å². The fourth-order valence-corrected chi connectivity index (χ4v) is 2.76. The number of methoxy groups -OCH3 is 1. The number of nitrogens with one attached hydrogen (secondary N) is 2. The summed E-state index contributed by atoms with van der Waals surface area (Å²) in [5, 5.41) is 13.5. The number of benzene rings is 1. The number of aromatic amines is 2. The van der Waals surface area contributed by atoms with Gasteiger partial charge >= 0.3 is 11.4 Å². The van der Waals surface area contributed by atoms with E-state index in [1.54, 1.807) is 6.20 Å². The molecule has 0 fully saturated rings. The third-order valence-corrected chi connectivity index (χ3v) is 3.80. The van der Waals surface area contributed by atoms with Crippen molar-refractivity contribution in [3.05, 3.63) is 51.7 Å². The first-order valence-electron chi connectivity index (χ1n) is 7.52. The lowest BCUT2D eigenvalue weighted by Gasteiger charge is -2.12. The molecule has 0 aliphatic rings. The van der Waals surface area contributed by atoms with Crippen LogP contribution in [0.2, 0.25) is 0 Å². The Labute approximate surface area is 133 Å². The molecule has 3 rings (SSSR count). The van der Waals surface area contributed by atoms with E-state index in [1.165, 1.54) is 7.11 Å². The lowest BCUT2D eigenvalue weighted by Crippen LogP contribution is -2.42. The summed E-state index contributed by atoms with van der Waals surface area (Å²) in [5.41, 5.74) is 1.83. The monoisotopic (exact) mass is 313 g/mol. The molecule has 0 unspecified atom stereocenters. The molecule has 3 aromatic rings. The largest absolute Gasteiger partial charge is 0.616 e. The minimum atomic E-state index is -0.380. The molecular formula is C17H19N3O3. The van der Waals surface area contributed by atoms with Gasteiger partial charge < -0.3 is 19.9 Å². The number of fused-ring (bicyclic) bond motifs is 1. The molecule has 0 spiro atoms. The average Bonchev–Trinajstić information content (AvgIpc) is 2.94. The third-order valence-electron chi connectivity index (χ3n) is 3.80. The van der Waals surface area contributed by atoms with Gasteiger partial charge in [-0.15, -0.1) is 4.73 Å². The smallest absolute Gasteiger partial charge is 0.404 e. The lowest BCUT2D eigenvalue weighted by atomic mass is 10.1. The molecule has 0 radical (unpaired) electrons. The van der Waals surface area contributed by atoms with Crippen LogP contribution >= 0.6 is 0 Å². The number of rotatable bonds is 4. The van der Waals surface area contributed by atoms with Crippen LogP contribution in [0.1, 0.15) is 19.5 Å². The van der Waals surface area contributed by atoms with Crippen LogP contribution in [0.3, 0.4) is 0 Å². The highest BCUT2D eigenvalue weighted by atomic mass is 16.5. The van der Waals surface area contributed by atoms with Crippen LogP contribution in [-0.2, 0) is 6.42 Å². The highest BCUT2D eigenvalue weighted by Crippen LogP contribution is 2.30. The van der Waals surface area contributed by atoms with Gasteiger partial charge in [-0.2, -0.15) is 0 Å². The van der Waals surface area contributed by atoms with E-state index in [0.717, 1.165) is 16.5 Å². The molecule has 2 heterocycles. The van der Waals surface area contributed by atoms with Gasteiger partial charge in [0, 0.05) is 29.1 Å². The number of nitrogens with zero attached hydrogens (tertiary/aromatic N) is 1. The van der Waals surface area contributed by atoms with Gasteiger partial charge in [0.1, 0.15) is 0 Å². The van der Waals surface area contributed by atoms with Crippen LogP contribution in [0, 0.1) is 11.1 Å². The quantitative estimate of drug-likeness (QED) is 0.573. The molecule has 0 saturated carbocycles. The number of H-pyrrole nitrogens is 2. The molecular weight excluding hydrogens is 294 g/mol. The highest BCUT2D eigenvalue weighted by Gasteiger charge is 2.25. The molecule has 6 heteroatoms. The maximum absolute atomic E-state index is 12.6. The topological polar surface area (TPSA) is 84.8 Å². The summed E-state index contributed by atoms with van der Waals surface area (Å²) in [6, 6.07) is 7.68. The summed E-state index contributed by atoms with van der Waals surface area (Å²) in [7, 11) is 1.43. The molecule has 0 atom stereocenters. The molecule has 23 heavy (non-hydrogen) atoms. The average molecular weight is 313 g/mol. The third kappa shape index (κ3) is 2.56. The summed E-state index contributed by atoms with van der Waals surface area (Å²) in [5.74, 6) is 0.296. The van der Waals surface area contributed by atoms with Crippen molar-refractivity contribution in [3.8, 4) is 17.1 Å². The molecule has 0 bridgehead atoms. The fourth-order valence-electron chi connectivity index (χ4n) is 2.76. The van der Waals surface area contributed by atoms with Crippen molar-refractivity contribution in [3.63, 3.8) is 0 Å². The maximum atomic E-state index is 12.6. The Morgan fingerprint density at radius 2 is 2.04 bits per heavy atom. The normalized spacial score (nSPS) is 11.3. The lowest BCUT2D eigenvalue weighted by molar-refractivity contribution is -0.621. The SMILES string of the molecule is COc1c(-c2c[nH]c3ccccc23)[nH]c(=O)c(CC(C)C)[n+]1[O-]. The van der Waals surface area contributed by atoms with Crippen LogP contribution in [0.15, 0.2) is 35.3 Å². The van der Waals surface area contributed by atoms with Gasteiger partial charge in [0.25, 0.3) is 5.69 Å². The van der Waals surface area contributed by atoms with Gasteiger partial charge in [0.15, 0.2) is 5.69 Å². The van der Waals surface area contributed by atoms with Crippen molar-refractivity contribution < 1.29 is 9.47 Å². The Morgan fingerprint density at radius 3 is 2.74 bits per heavy atom. The van der Waals surface area contributed by atoms with Crippen LogP contribution in [0.25, 0.3) is 22.2 Å². The first-order chi connectivity index (χ1) is 11.0. The zero-order valence-corrected chi connectivity index (χ0v) is 13.3. The van der Waals surface area contributed by atoms with E-state index in [-0.39, 0.29) is 23.1 Å². The summed E-state index contributed by atoms with van der Waals surface area (Å²) < 4.78 is 5.90. The summed E-state index contributed by atoms with van der Waals surface area (Å²) in [6.07, 6.45) is 2.16. The van der Waals surface area contributed by atoms with Crippen LogP contribution in [0.5, 0.6) is 5.88 Å². The number of aromatic nitrogens is 3. The molecule has 6 nitrogen and oxygen atoms in total. The van der Waals surface area contributed by atoms with Crippen molar-refractivity contribution in [1.29, 1.82) is 0 Å². The van der Waals surface area contributed by atoms with Crippen LogP contribution in [0.4, 0.5) is 0 Å². The predicted octanol–water partition coefficient (Wildman–Crippen LogP) is 2.36. The zero-order valence-electron chi connectivity index (χ0n) is 13.3. The van der Waals surface area contributed by atoms with E-state index in [0.29, 0.717) is 16.8 Å². The van der Waals surface area contributed by atoms with Gasteiger partial charge in [-0.1, -0.05) is 32.0 Å². The summed E-state index contributed by atoms with van der Waals surface area (Å²) in [4.78, 5) is 18.3.